The van der Waals surface area contributed by atoms with Crippen LogP contribution in [0.15, 0.2) is 0 Å². The maximum atomic E-state index is 5.00. The predicted molar refractivity (Wildman–Crippen MR) is 34.3 cm³/mol. The zero-order valence-corrected chi connectivity index (χ0v) is 6.07. The van der Waals surface area contributed by atoms with Gasteiger partial charge in [-0.1, -0.05) is 22.9 Å². The Hall–Kier alpha value is 0.440. The summed E-state index contributed by atoms with van der Waals surface area (Å²) in [7, 11) is 0. The summed E-state index contributed by atoms with van der Waals surface area (Å²) in [4.78, 5) is 0. The van der Waals surface area contributed by atoms with Gasteiger partial charge in [0.15, 0.2) is 0 Å². The Morgan fingerprint density at radius 2 is 2.43 bits per heavy atom. The molecule has 0 saturated heterocycles. The second-order valence-corrected chi connectivity index (χ2v) is 2.30. The first-order valence-electron chi connectivity index (χ1n) is 2.36. The molecule has 0 saturated carbocycles. The van der Waals surface area contributed by atoms with Crippen LogP contribution in [0.1, 0.15) is 13.3 Å². The molecule has 0 aliphatic carbocycles. The molecule has 0 aromatic carbocycles. The number of hydrogen-bond acceptors (Lipinski definition) is 1. The lowest BCUT2D eigenvalue weighted by molar-refractivity contribution is 0.143. The molecule has 43 valence electrons. The highest BCUT2D eigenvalue weighted by molar-refractivity contribution is 9.09. The Bertz CT molecular complexity index is 37.1. The molecule has 2 heteroatoms. The van der Waals surface area contributed by atoms with Gasteiger partial charge in [0.25, 0.3) is 0 Å². The summed E-state index contributed by atoms with van der Waals surface area (Å²) in [6.07, 6.45) is 1.05. The summed E-state index contributed by atoms with van der Waals surface area (Å²) in [6.45, 7) is 6.43. The van der Waals surface area contributed by atoms with Crippen LogP contribution in [0.25, 0.3) is 0 Å². The Morgan fingerprint density at radius 3 is 2.57 bits per heavy atom. The molecule has 1 nitrogen and oxygen atoms in total. The highest BCUT2D eigenvalue weighted by Gasteiger charge is 1.89. The summed E-state index contributed by atoms with van der Waals surface area (Å²) in [5.41, 5.74) is 0. The summed E-state index contributed by atoms with van der Waals surface area (Å²) < 4.78 is 5.00. The van der Waals surface area contributed by atoms with Gasteiger partial charge >= 0.3 is 0 Å². The van der Waals surface area contributed by atoms with Crippen molar-refractivity contribution in [3.8, 4) is 0 Å². The molecule has 0 aliphatic heterocycles. The zero-order valence-electron chi connectivity index (χ0n) is 4.48. The van der Waals surface area contributed by atoms with Crippen molar-refractivity contribution in [2.75, 3.05) is 6.61 Å². The minimum atomic E-state index is -0.0348. The first-order chi connectivity index (χ1) is 3.27. The molecule has 1 radical (unpaired) electrons. The minimum Gasteiger partial charge on any atom is -0.367 e. The van der Waals surface area contributed by atoms with Crippen LogP contribution in [-0.2, 0) is 4.74 Å². The predicted octanol–water partition coefficient (Wildman–Crippen LogP) is 1.97. The van der Waals surface area contributed by atoms with Crippen LogP contribution in [0.2, 0.25) is 0 Å². The number of alkyl halides is 1. The molecule has 1 atom stereocenters. The molecule has 0 heterocycles. The fraction of sp³-hybridized carbons (Fsp3) is 0.800. The fourth-order valence-corrected chi connectivity index (χ4v) is 0.433. The van der Waals surface area contributed by atoms with E-state index in [0.29, 0.717) is 0 Å². The molecule has 0 N–H and O–H groups in total. The van der Waals surface area contributed by atoms with E-state index in [0.717, 1.165) is 13.0 Å². The van der Waals surface area contributed by atoms with Crippen LogP contribution in [0.3, 0.4) is 0 Å². The van der Waals surface area contributed by atoms with Crippen LogP contribution in [-0.4, -0.2) is 11.6 Å². The lowest BCUT2D eigenvalue weighted by atomic mass is 10.5. The number of halogens is 1. The largest absolute Gasteiger partial charge is 0.367 e. The van der Waals surface area contributed by atoms with Crippen molar-refractivity contribution in [3.05, 3.63) is 6.92 Å². The Kier molecular flexibility index (Phi) is 4.88. The van der Waals surface area contributed by atoms with Gasteiger partial charge in [-0.25, -0.2) is 0 Å². The topological polar surface area (TPSA) is 9.23 Å². The minimum absolute atomic E-state index is 0.0348. The lowest BCUT2D eigenvalue weighted by Crippen LogP contribution is -1.98. The van der Waals surface area contributed by atoms with Gasteiger partial charge in [-0.3, -0.25) is 0 Å². The van der Waals surface area contributed by atoms with Gasteiger partial charge in [-0.05, 0) is 13.3 Å². The first kappa shape index (κ1) is 7.44. The third-order valence-electron chi connectivity index (χ3n) is 0.503. The van der Waals surface area contributed by atoms with Crippen molar-refractivity contribution < 1.29 is 4.74 Å². The standard InChI is InChI=1S/C5H10BrO/c1-3-4-7-5(2)6/h5H,2-4H2,1H3. The Balaban J connectivity index is 2.68. The van der Waals surface area contributed by atoms with Gasteiger partial charge in [0.05, 0.1) is 0 Å². The lowest BCUT2D eigenvalue weighted by Gasteiger charge is -2.00. The van der Waals surface area contributed by atoms with E-state index >= 15 is 0 Å². The summed E-state index contributed by atoms with van der Waals surface area (Å²) in [5, 5.41) is -0.0348. The zero-order chi connectivity index (χ0) is 5.70. The average molecular weight is 166 g/mol. The maximum absolute atomic E-state index is 5.00. The Labute approximate surface area is 53.2 Å². The van der Waals surface area contributed by atoms with Gasteiger partial charge in [0.2, 0.25) is 0 Å². The van der Waals surface area contributed by atoms with Crippen molar-refractivity contribution in [1.29, 1.82) is 0 Å². The molecule has 0 spiro atoms. The van der Waals surface area contributed by atoms with E-state index in [4.69, 9.17) is 4.74 Å². The Morgan fingerprint density at radius 1 is 1.86 bits per heavy atom. The number of hydrogen-bond donors (Lipinski definition) is 0. The van der Waals surface area contributed by atoms with Crippen LogP contribution < -0.4 is 0 Å². The van der Waals surface area contributed by atoms with E-state index in [-0.39, 0.29) is 5.01 Å². The second-order valence-electron chi connectivity index (χ2n) is 1.28. The van der Waals surface area contributed by atoms with E-state index in [1.165, 1.54) is 0 Å². The molecule has 0 fully saturated rings. The molecule has 0 aliphatic rings. The van der Waals surface area contributed by atoms with Crippen LogP contribution in [0.5, 0.6) is 0 Å². The van der Waals surface area contributed by atoms with Gasteiger partial charge in [0, 0.05) is 6.61 Å². The first-order valence-corrected chi connectivity index (χ1v) is 3.27. The van der Waals surface area contributed by atoms with E-state index in [2.05, 4.69) is 29.8 Å². The molecule has 0 bridgehead atoms. The second kappa shape index (κ2) is 4.60. The van der Waals surface area contributed by atoms with E-state index in [1.54, 1.807) is 0 Å². The molecule has 0 aromatic rings. The van der Waals surface area contributed by atoms with Crippen molar-refractivity contribution in [2.45, 2.75) is 18.4 Å². The van der Waals surface area contributed by atoms with Gasteiger partial charge in [-0.15, -0.1) is 0 Å². The van der Waals surface area contributed by atoms with Gasteiger partial charge < -0.3 is 4.74 Å². The monoisotopic (exact) mass is 165 g/mol. The maximum Gasteiger partial charge on any atom is 0.112 e. The normalized spacial score (nSPS) is 14.1. The summed E-state index contributed by atoms with van der Waals surface area (Å²) in [5.74, 6) is 0. The van der Waals surface area contributed by atoms with Crippen molar-refractivity contribution in [3.63, 3.8) is 0 Å². The van der Waals surface area contributed by atoms with Crippen LogP contribution >= 0.6 is 15.9 Å². The number of ether oxygens (including phenoxy) is 1. The van der Waals surface area contributed by atoms with Crippen molar-refractivity contribution in [1.82, 2.24) is 0 Å². The molecular weight excluding hydrogens is 156 g/mol. The third-order valence-corrected chi connectivity index (χ3v) is 0.767. The summed E-state index contributed by atoms with van der Waals surface area (Å²) >= 11 is 3.14. The molecule has 1 unspecified atom stereocenters. The van der Waals surface area contributed by atoms with Crippen LogP contribution in [0.4, 0.5) is 0 Å². The smallest absolute Gasteiger partial charge is 0.112 e. The molecule has 0 aromatic heterocycles. The number of rotatable bonds is 3. The molecule has 7 heavy (non-hydrogen) atoms. The van der Waals surface area contributed by atoms with Crippen molar-refractivity contribution in [2.24, 2.45) is 0 Å². The van der Waals surface area contributed by atoms with Crippen LogP contribution in [0, 0.1) is 6.92 Å². The quantitative estimate of drug-likeness (QED) is 0.582. The van der Waals surface area contributed by atoms with E-state index in [9.17, 15) is 0 Å². The van der Waals surface area contributed by atoms with Gasteiger partial charge in [-0.2, -0.15) is 0 Å². The van der Waals surface area contributed by atoms with E-state index < -0.39 is 0 Å². The van der Waals surface area contributed by atoms with Gasteiger partial charge in [0.1, 0.15) is 5.01 Å². The SMILES string of the molecule is [CH2]C(Br)OCCC. The molecule has 0 rings (SSSR count). The molecule has 0 amide bonds. The van der Waals surface area contributed by atoms with E-state index in [1.807, 2.05) is 0 Å². The average Bonchev–Trinajstić information content (AvgIpc) is 1.61. The third kappa shape index (κ3) is 6.44. The van der Waals surface area contributed by atoms with Crippen molar-refractivity contribution >= 4 is 15.9 Å². The highest BCUT2D eigenvalue weighted by Crippen LogP contribution is 1.97. The highest BCUT2D eigenvalue weighted by atomic mass is 79.9. The summed E-state index contributed by atoms with van der Waals surface area (Å²) in [6, 6.07) is 0. The molecular formula is C5H10BrO. The fourth-order valence-electron chi connectivity index (χ4n) is 0.246.